The van der Waals surface area contributed by atoms with Crippen molar-refractivity contribution in [2.45, 2.75) is 12.6 Å². The van der Waals surface area contributed by atoms with Crippen LogP contribution >= 0.6 is 0 Å². The van der Waals surface area contributed by atoms with E-state index < -0.39 is 0 Å². The second-order valence-corrected chi connectivity index (χ2v) is 5.41. The highest BCUT2D eigenvalue weighted by atomic mass is 16.5. The Balaban J connectivity index is 1.83. The van der Waals surface area contributed by atoms with Crippen LogP contribution in [0.3, 0.4) is 0 Å². The highest BCUT2D eigenvalue weighted by Crippen LogP contribution is 2.37. The molecule has 21 heavy (non-hydrogen) atoms. The number of nitrogens with two attached hydrogens (primary N) is 1. The summed E-state index contributed by atoms with van der Waals surface area (Å²) in [5.41, 5.74) is 8.73. The van der Waals surface area contributed by atoms with E-state index in [0.29, 0.717) is 19.8 Å². The van der Waals surface area contributed by atoms with E-state index in [-0.39, 0.29) is 12.6 Å². The second kappa shape index (κ2) is 6.54. The molecule has 112 valence electrons. The average Bonchev–Trinajstić information content (AvgIpc) is 2.89. The van der Waals surface area contributed by atoms with Crippen molar-refractivity contribution in [2.24, 2.45) is 5.73 Å². The number of fused-ring (bicyclic) bond motifs is 3. The number of rotatable bonds is 6. The molecule has 0 amide bonds. The van der Waals surface area contributed by atoms with Crippen molar-refractivity contribution in [1.29, 1.82) is 0 Å². The smallest absolute Gasteiger partial charge is 0.0698 e. The quantitative estimate of drug-likeness (QED) is 0.793. The fraction of sp³-hybridized carbons (Fsp3) is 0.412. The Morgan fingerprint density at radius 3 is 2.86 bits per heavy atom. The van der Waals surface area contributed by atoms with Crippen molar-refractivity contribution in [3.05, 3.63) is 47.5 Å². The molecule has 0 radical (unpaired) electrons. The van der Waals surface area contributed by atoms with Gasteiger partial charge in [-0.15, -0.1) is 0 Å². The third kappa shape index (κ3) is 2.80. The zero-order valence-electron chi connectivity index (χ0n) is 12.2. The lowest BCUT2D eigenvalue weighted by Gasteiger charge is -2.23. The molecule has 2 aromatic rings. The molecular weight excluding hydrogens is 264 g/mol. The Morgan fingerprint density at radius 1 is 1.19 bits per heavy atom. The number of benzene rings is 2. The van der Waals surface area contributed by atoms with Crippen LogP contribution in [0.15, 0.2) is 36.4 Å². The monoisotopic (exact) mass is 286 g/mol. The van der Waals surface area contributed by atoms with E-state index in [2.05, 4.69) is 41.3 Å². The Kier molecular flexibility index (Phi) is 4.51. The molecule has 3 N–H and O–H groups in total. The molecule has 0 spiro atoms. The lowest BCUT2D eigenvalue weighted by Crippen LogP contribution is -2.31. The summed E-state index contributed by atoms with van der Waals surface area (Å²) >= 11 is 0. The fourth-order valence-corrected chi connectivity index (χ4v) is 3.21. The fourth-order valence-electron chi connectivity index (χ4n) is 3.21. The van der Waals surface area contributed by atoms with Crippen LogP contribution in [0.2, 0.25) is 0 Å². The summed E-state index contributed by atoms with van der Waals surface area (Å²) in [7, 11) is 0. The molecule has 4 heteroatoms. The molecule has 1 aliphatic rings. The van der Waals surface area contributed by atoms with Crippen LogP contribution in [0.5, 0.6) is 0 Å². The molecule has 1 aliphatic heterocycles. The van der Waals surface area contributed by atoms with Crippen molar-refractivity contribution >= 4 is 10.8 Å². The van der Waals surface area contributed by atoms with Gasteiger partial charge in [-0.25, -0.2) is 0 Å². The molecule has 0 saturated carbocycles. The van der Waals surface area contributed by atoms with Crippen LogP contribution in [-0.2, 0) is 11.3 Å². The Labute approximate surface area is 125 Å². The van der Waals surface area contributed by atoms with E-state index in [1.54, 1.807) is 0 Å². The topological polar surface area (TPSA) is 58.7 Å². The first-order valence-corrected chi connectivity index (χ1v) is 7.48. The van der Waals surface area contributed by atoms with Gasteiger partial charge < -0.3 is 15.6 Å². The third-order valence-electron chi connectivity index (χ3n) is 4.22. The van der Waals surface area contributed by atoms with Gasteiger partial charge in [0.05, 0.1) is 19.8 Å². The highest BCUT2D eigenvalue weighted by Gasteiger charge is 2.29. The lowest BCUT2D eigenvalue weighted by atomic mass is 9.98. The molecule has 0 aliphatic carbocycles. The number of aliphatic hydroxyl groups excluding tert-OH is 1. The molecule has 0 aromatic heterocycles. The molecule has 1 heterocycles. The van der Waals surface area contributed by atoms with Gasteiger partial charge in [-0.05, 0) is 21.9 Å². The van der Waals surface area contributed by atoms with Crippen molar-refractivity contribution in [1.82, 2.24) is 4.90 Å². The van der Waals surface area contributed by atoms with Gasteiger partial charge in [0, 0.05) is 25.7 Å². The van der Waals surface area contributed by atoms with E-state index in [4.69, 9.17) is 15.6 Å². The maximum absolute atomic E-state index is 8.76. The van der Waals surface area contributed by atoms with Crippen molar-refractivity contribution < 1.29 is 9.84 Å². The predicted molar refractivity (Wildman–Crippen MR) is 84.1 cm³/mol. The molecule has 0 fully saturated rings. The standard InChI is InChI=1S/C17H22N2O2/c18-11-17-15-6-5-13-3-1-2-4-14(13)16(15)12-19(17)7-9-21-10-8-20/h1-6,17,20H,7-12,18H2. The van der Waals surface area contributed by atoms with Crippen LogP contribution in [0.4, 0.5) is 0 Å². The van der Waals surface area contributed by atoms with Crippen LogP contribution in [0.1, 0.15) is 17.2 Å². The van der Waals surface area contributed by atoms with Crippen LogP contribution in [0.25, 0.3) is 10.8 Å². The van der Waals surface area contributed by atoms with Gasteiger partial charge in [-0.2, -0.15) is 0 Å². The van der Waals surface area contributed by atoms with E-state index >= 15 is 0 Å². The zero-order chi connectivity index (χ0) is 14.7. The summed E-state index contributed by atoms with van der Waals surface area (Å²) in [4.78, 5) is 2.37. The second-order valence-electron chi connectivity index (χ2n) is 5.41. The molecule has 1 atom stereocenters. The maximum atomic E-state index is 8.76. The van der Waals surface area contributed by atoms with Gasteiger partial charge in [0.15, 0.2) is 0 Å². The first-order valence-electron chi connectivity index (χ1n) is 7.48. The van der Waals surface area contributed by atoms with Gasteiger partial charge in [-0.1, -0.05) is 36.4 Å². The summed E-state index contributed by atoms with van der Waals surface area (Å²) in [6.45, 7) is 3.47. The van der Waals surface area contributed by atoms with Crippen LogP contribution < -0.4 is 5.73 Å². The largest absolute Gasteiger partial charge is 0.394 e. The molecule has 2 aromatic carbocycles. The van der Waals surface area contributed by atoms with Crippen molar-refractivity contribution in [3.8, 4) is 0 Å². The highest BCUT2D eigenvalue weighted by molar-refractivity contribution is 5.87. The number of aliphatic hydroxyl groups is 1. The van der Waals surface area contributed by atoms with E-state index in [1.807, 2.05) is 0 Å². The molecule has 3 rings (SSSR count). The lowest BCUT2D eigenvalue weighted by molar-refractivity contribution is 0.0658. The summed E-state index contributed by atoms with van der Waals surface area (Å²) in [5, 5.41) is 11.4. The average molecular weight is 286 g/mol. The van der Waals surface area contributed by atoms with Gasteiger partial charge in [-0.3, -0.25) is 4.90 Å². The van der Waals surface area contributed by atoms with E-state index in [1.165, 1.54) is 21.9 Å². The first kappa shape index (κ1) is 14.5. The molecule has 0 bridgehead atoms. The van der Waals surface area contributed by atoms with Gasteiger partial charge in [0.25, 0.3) is 0 Å². The van der Waals surface area contributed by atoms with E-state index in [0.717, 1.165) is 13.1 Å². The number of hydrogen-bond donors (Lipinski definition) is 2. The Hall–Kier alpha value is -1.46. The predicted octanol–water partition coefficient (Wildman–Crippen LogP) is 1.66. The summed E-state index contributed by atoms with van der Waals surface area (Å²) in [6, 6.07) is 13.2. The summed E-state index contributed by atoms with van der Waals surface area (Å²) in [6.07, 6.45) is 0. The minimum atomic E-state index is 0.0746. The number of ether oxygens (including phenoxy) is 1. The van der Waals surface area contributed by atoms with E-state index in [9.17, 15) is 0 Å². The Bertz CT molecular complexity index is 615. The minimum Gasteiger partial charge on any atom is -0.394 e. The van der Waals surface area contributed by atoms with Crippen molar-refractivity contribution in [3.63, 3.8) is 0 Å². The normalized spacial score (nSPS) is 18.3. The van der Waals surface area contributed by atoms with Crippen LogP contribution in [-0.4, -0.2) is 42.9 Å². The first-order chi connectivity index (χ1) is 10.3. The van der Waals surface area contributed by atoms with Gasteiger partial charge in [0.2, 0.25) is 0 Å². The maximum Gasteiger partial charge on any atom is 0.0698 e. The summed E-state index contributed by atoms with van der Waals surface area (Å²) in [5.74, 6) is 0. The molecular formula is C17H22N2O2. The van der Waals surface area contributed by atoms with Gasteiger partial charge >= 0.3 is 0 Å². The summed E-state index contributed by atoms with van der Waals surface area (Å²) < 4.78 is 5.39. The molecule has 4 nitrogen and oxygen atoms in total. The van der Waals surface area contributed by atoms with Gasteiger partial charge in [0.1, 0.15) is 0 Å². The number of hydrogen-bond acceptors (Lipinski definition) is 4. The number of nitrogens with zero attached hydrogens (tertiary/aromatic N) is 1. The minimum absolute atomic E-state index is 0.0746. The molecule has 0 saturated heterocycles. The Morgan fingerprint density at radius 2 is 2.05 bits per heavy atom. The van der Waals surface area contributed by atoms with Crippen molar-refractivity contribution in [2.75, 3.05) is 32.9 Å². The molecule has 1 unspecified atom stereocenters. The SMILES string of the molecule is NCC1c2ccc3ccccc3c2CN1CCOCCO. The zero-order valence-corrected chi connectivity index (χ0v) is 12.2. The third-order valence-corrected chi connectivity index (χ3v) is 4.22. The van der Waals surface area contributed by atoms with Crippen LogP contribution in [0, 0.1) is 0 Å².